The Labute approximate surface area is 94.5 Å². The number of nitrogens with two attached hydrogens (primary N) is 1. The van der Waals surface area contributed by atoms with Crippen molar-refractivity contribution in [2.45, 2.75) is 18.7 Å². The minimum atomic E-state index is -2.96. The molecule has 0 fully saturated rings. The van der Waals surface area contributed by atoms with Gasteiger partial charge in [-0.1, -0.05) is 0 Å². The van der Waals surface area contributed by atoms with Gasteiger partial charge in [-0.05, 0) is 11.6 Å². The molecule has 1 aromatic heterocycles. The van der Waals surface area contributed by atoms with Crippen LogP contribution < -0.4 is 10.5 Å². The smallest absolute Gasteiger partial charge is 0.217 e. The molecule has 1 aliphatic heterocycles. The lowest BCUT2D eigenvalue weighted by Crippen LogP contribution is -2.21. The van der Waals surface area contributed by atoms with Crippen LogP contribution in [-0.2, 0) is 28.6 Å². The molecule has 1 aromatic rings. The molecular formula is C10H14N2O3S. The number of rotatable bonds is 2. The molecule has 0 spiro atoms. The Morgan fingerprint density at radius 2 is 2.31 bits per heavy atom. The van der Waals surface area contributed by atoms with Crippen LogP contribution in [0.5, 0.6) is 5.88 Å². The van der Waals surface area contributed by atoms with Crippen LogP contribution in [0.3, 0.4) is 0 Å². The highest BCUT2D eigenvalue weighted by Crippen LogP contribution is 2.25. The fourth-order valence-electron chi connectivity index (χ4n) is 1.85. The monoisotopic (exact) mass is 242 g/mol. The number of sulfone groups is 1. The van der Waals surface area contributed by atoms with Crippen LogP contribution in [-0.4, -0.2) is 26.3 Å². The highest BCUT2D eigenvalue weighted by molar-refractivity contribution is 7.90. The largest absolute Gasteiger partial charge is 0.481 e. The summed E-state index contributed by atoms with van der Waals surface area (Å²) < 4.78 is 28.1. The number of pyridine rings is 1. The zero-order valence-corrected chi connectivity index (χ0v) is 9.88. The normalized spacial score (nSPS) is 17.9. The molecule has 0 atom stereocenters. The van der Waals surface area contributed by atoms with Crippen LogP contribution in [0.15, 0.2) is 6.07 Å². The van der Waals surface area contributed by atoms with Gasteiger partial charge in [0.05, 0.1) is 18.6 Å². The third-order valence-electron chi connectivity index (χ3n) is 2.67. The zero-order chi connectivity index (χ0) is 11.8. The van der Waals surface area contributed by atoms with E-state index < -0.39 is 9.84 Å². The van der Waals surface area contributed by atoms with E-state index in [4.69, 9.17) is 10.5 Å². The first-order chi connectivity index (χ1) is 7.55. The van der Waals surface area contributed by atoms with Crippen LogP contribution in [0.4, 0.5) is 0 Å². The first kappa shape index (κ1) is 11.3. The van der Waals surface area contributed by atoms with Gasteiger partial charge in [-0.3, -0.25) is 0 Å². The molecular weight excluding hydrogens is 228 g/mol. The predicted octanol–water partition coefficient (Wildman–Crippen LogP) is 0.0198. The van der Waals surface area contributed by atoms with Crippen LogP contribution in [0, 0.1) is 0 Å². The Kier molecular flexibility index (Phi) is 2.86. The Bertz CT molecular complexity index is 511. The van der Waals surface area contributed by atoms with Crippen molar-refractivity contribution in [3.63, 3.8) is 0 Å². The summed E-state index contributed by atoms with van der Waals surface area (Å²) in [6.45, 7) is 0.295. The molecule has 88 valence electrons. The van der Waals surface area contributed by atoms with E-state index in [1.807, 2.05) is 0 Å². The zero-order valence-electron chi connectivity index (χ0n) is 9.06. The summed E-state index contributed by atoms with van der Waals surface area (Å²) in [7, 11) is -1.43. The Balaban J connectivity index is 2.50. The van der Waals surface area contributed by atoms with E-state index in [0.717, 1.165) is 16.8 Å². The lowest BCUT2D eigenvalue weighted by atomic mass is 10.1. The third-order valence-corrected chi connectivity index (χ3v) is 4.25. The first-order valence-corrected chi connectivity index (χ1v) is 6.84. The van der Waals surface area contributed by atoms with Crippen LogP contribution in [0.25, 0.3) is 0 Å². The van der Waals surface area contributed by atoms with Gasteiger partial charge in [0.2, 0.25) is 5.88 Å². The molecule has 2 rings (SSSR count). The number of methoxy groups -OCH3 is 1. The molecule has 16 heavy (non-hydrogen) atoms. The van der Waals surface area contributed by atoms with E-state index in [1.54, 1.807) is 6.07 Å². The Morgan fingerprint density at radius 1 is 1.56 bits per heavy atom. The summed E-state index contributed by atoms with van der Waals surface area (Å²) >= 11 is 0. The van der Waals surface area contributed by atoms with Gasteiger partial charge in [-0.25, -0.2) is 13.4 Å². The van der Waals surface area contributed by atoms with Crippen molar-refractivity contribution in [1.82, 2.24) is 4.98 Å². The van der Waals surface area contributed by atoms with Crippen molar-refractivity contribution >= 4 is 9.84 Å². The molecule has 0 bridgehead atoms. The number of hydrogen-bond acceptors (Lipinski definition) is 5. The van der Waals surface area contributed by atoms with Gasteiger partial charge in [0.1, 0.15) is 0 Å². The summed E-state index contributed by atoms with van der Waals surface area (Å²) in [5.41, 5.74) is 7.87. The van der Waals surface area contributed by atoms with Gasteiger partial charge < -0.3 is 10.5 Å². The molecule has 0 aliphatic carbocycles. The SMILES string of the molecule is COc1nc2c(cc1CN)CS(=O)(=O)CC2. The summed E-state index contributed by atoms with van der Waals surface area (Å²) in [5, 5.41) is 0. The number of hydrogen-bond donors (Lipinski definition) is 1. The molecule has 2 heterocycles. The number of aryl methyl sites for hydroxylation is 1. The van der Waals surface area contributed by atoms with E-state index >= 15 is 0 Å². The van der Waals surface area contributed by atoms with E-state index in [0.29, 0.717) is 18.8 Å². The second-order valence-corrected chi connectivity index (χ2v) is 5.99. The molecule has 0 radical (unpaired) electrons. The van der Waals surface area contributed by atoms with Crippen molar-refractivity contribution in [2.24, 2.45) is 5.73 Å². The topological polar surface area (TPSA) is 82.3 Å². The van der Waals surface area contributed by atoms with Gasteiger partial charge in [-0.15, -0.1) is 0 Å². The van der Waals surface area contributed by atoms with Crippen molar-refractivity contribution in [3.05, 3.63) is 22.9 Å². The predicted molar refractivity (Wildman–Crippen MR) is 59.9 cm³/mol. The number of fused-ring (bicyclic) bond motifs is 1. The van der Waals surface area contributed by atoms with Gasteiger partial charge in [-0.2, -0.15) is 0 Å². The van der Waals surface area contributed by atoms with Gasteiger partial charge in [0, 0.05) is 24.2 Å². The van der Waals surface area contributed by atoms with Crippen molar-refractivity contribution < 1.29 is 13.2 Å². The van der Waals surface area contributed by atoms with Crippen molar-refractivity contribution in [3.8, 4) is 5.88 Å². The average molecular weight is 242 g/mol. The molecule has 0 amide bonds. The molecule has 1 aliphatic rings. The fraction of sp³-hybridized carbons (Fsp3) is 0.500. The first-order valence-electron chi connectivity index (χ1n) is 5.02. The summed E-state index contributed by atoms with van der Waals surface area (Å²) in [6.07, 6.45) is 0.457. The Morgan fingerprint density at radius 3 is 2.94 bits per heavy atom. The lowest BCUT2D eigenvalue weighted by molar-refractivity contribution is 0.390. The minimum absolute atomic E-state index is 0.0618. The van der Waals surface area contributed by atoms with Crippen LogP contribution in [0.2, 0.25) is 0 Å². The number of nitrogens with zero attached hydrogens (tertiary/aromatic N) is 1. The van der Waals surface area contributed by atoms with E-state index in [-0.39, 0.29) is 11.5 Å². The van der Waals surface area contributed by atoms with Gasteiger partial charge >= 0.3 is 0 Å². The lowest BCUT2D eigenvalue weighted by Gasteiger charge is -2.17. The highest BCUT2D eigenvalue weighted by Gasteiger charge is 2.23. The number of aromatic nitrogens is 1. The maximum absolute atomic E-state index is 11.5. The summed E-state index contributed by atoms with van der Waals surface area (Å²) in [5.74, 6) is 0.727. The van der Waals surface area contributed by atoms with Crippen LogP contribution in [0.1, 0.15) is 16.8 Å². The fourth-order valence-corrected chi connectivity index (χ4v) is 3.22. The standard InChI is InChI=1S/C10H14N2O3S/c1-15-10-7(5-11)4-8-6-16(13,14)3-2-9(8)12-10/h4H,2-3,5-6,11H2,1H3. The molecule has 5 nitrogen and oxygen atoms in total. The second kappa shape index (κ2) is 4.03. The number of ether oxygens (including phenoxy) is 1. The molecule has 0 saturated heterocycles. The van der Waals surface area contributed by atoms with E-state index in [2.05, 4.69) is 4.98 Å². The van der Waals surface area contributed by atoms with Gasteiger partial charge in [0.15, 0.2) is 9.84 Å². The maximum atomic E-state index is 11.5. The van der Waals surface area contributed by atoms with Crippen LogP contribution >= 0.6 is 0 Å². The van der Waals surface area contributed by atoms with Gasteiger partial charge in [0.25, 0.3) is 0 Å². The molecule has 0 aromatic carbocycles. The quantitative estimate of drug-likeness (QED) is 0.790. The average Bonchev–Trinajstić information content (AvgIpc) is 2.26. The summed E-state index contributed by atoms with van der Waals surface area (Å²) in [6, 6.07) is 1.79. The Hall–Kier alpha value is -1.14. The van der Waals surface area contributed by atoms with E-state index in [1.165, 1.54) is 7.11 Å². The minimum Gasteiger partial charge on any atom is -0.481 e. The van der Waals surface area contributed by atoms with E-state index in [9.17, 15) is 8.42 Å². The molecule has 2 N–H and O–H groups in total. The molecule has 0 unspecified atom stereocenters. The second-order valence-electron chi connectivity index (χ2n) is 3.81. The third kappa shape index (κ3) is 2.03. The molecule has 0 saturated carbocycles. The maximum Gasteiger partial charge on any atom is 0.217 e. The van der Waals surface area contributed by atoms with Crippen molar-refractivity contribution in [1.29, 1.82) is 0 Å². The summed E-state index contributed by atoms with van der Waals surface area (Å²) in [4.78, 5) is 4.30. The molecule has 6 heteroatoms. The highest BCUT2D eigenvalue weighted by atomic mass is 32.2. The van der Waals surface area contributed by atoms with Crippen molar-refractivity contribution in [2.75, 3.05) is 12.9 Å².